The molecular formula is C17H31N3S. The highest BCUT2D eigenvalue weighted by atomic mass is 32.1. The maximum atomic E-state index is 5.01. The normalized spacial score (nSPS) is 23.3. The summed E-state index contributed by atoms with van der Waals surface area (Å²) in [6, 6.07) is 0.653. The van der Waals surface area contributed by atoms with Gasteiger partial charge in [0.15, 0.2) is 5.13 Å². The van der Waals surface area contributed by atoms with Crippen molar-refractivity contribution in [3.05, 3.63) is 10.6 Å². The van der Waals surface area contributed by atoms with Gasteiger partial charge in [-0.2, -0.15) is 0 Å². The van der Waals surface area contributed by atoms with Crippen molar-refractivity contribution in [2.24, 2.45) is 5.92 Å². The number of rotatable bonds is 4. The second-order valence-electron chi connectivity index (χ2n) is 7.49. The average molecular weight is 310 g/mol. The van der Waals surface area contributed by atoms with Crippen molar-refractivity contribution in [1.29, 1.82) is 0 Å². The molecule has 0 aliphatic heterocycles. The molecule has 0 radical (unpaired) electrons. The molecule has 1 aromatic heterocycles. The first-order chi connectivity index (χ1) is 9.84. The number of hydrogen-bond acceptors (Lipinski definition) is 4. The largest absolute Gasteiger partial charge is 0.348 e. The van der Waals surface area contributed by atoms with E-state index in [4.69, 9.17) is 4.98 Å². The Morgan fingerprint density at radius 2 is 1.95 bits per heavy atom. The molecule has 1 aliphatic rings. The zero-order chi connectivity index (χ0) is 15.6. The van der Waals surface area contributed by atoms with Gasteiger partial charge in [-0.25, -0.2) is 4.98 Å². The Kier molecular flexibility index (Phi) is 5.31. The van der Waals surface area contributed by atoms with Gasteiger partial charge in [-0.15, -0.1) is 11.3 Å². The van der Waals surface area contributed by atoms with Gasteiger partial charge in [0.25, 0.3) is 0 Å². The molecule has 0 bridgehead atoms. The highest BCUT2D eigenvalue weighted by molar-refractivity contribution is 7.15. The van der Waals surface area contributed by atoms with E-state index in [1.807, 2.05) is 18.4 Å². The topological polar surface area (TPSA) is 28.2 Å². The highest BCUT2D eigenvalue weighted by Crippen LogP contribution is 2.37. The van der Waals surface area contributed by atoms with E-state index in [2.05, 4.69) is 45.0 Å². The van der Waals surface area contributed by atoms with E-state index in [1.165, 1.54) is 41.4 Å². The van der Waals surface area contributed by atoms with Crippen LogP contribution >= 0.6 is 11.3 Å². The quantitative estimate of drug-likeness (QED) is 0.904. The maximum Gasteiger partial charge on any atom is 0.185 e. The number of nitrogens with zero attached hydrogens (tertiary/aromatic N) is 2. The van der Waals surface area contributed by atoms with Crippen LogP contribution in [-0.2, 0) is 12.0 Å². The molecule has 1 aromatic rings. The summed E-state index contributed by atoms with van der Waals surface area (Å²) in [7, 11) is 4.25. The summed E-state index contributed by atoms with van der Waals surface area (Å²) in [5.74, 6) is 0.776. The molecule has 21 heavy (non-hydrogen) atoms. The molecule has 1 fully saturated rings. The second-order valence-corrected chi connectivity index (χ2v) is 8.55. The molecule has 2 rings (SSSR count). The van der Waals surface area contributed by atoms with Gasteiger partial charge < -0.3 is 10.2 Å². The SMILES string of the molecule is CNCc1sc(N(C)C2CCCCC2C)nc1C(C)(C)C. The number of hydrogen-bond donors (Lipinski definition) is 1. The Labute approximate surface area is 134 Å². The highest BCUT2D eigenvalue weighted by Gasteiger charge is 2.29. The lowest BCUT2D eigenvalue weighted by molar-refractivity contribution is 0.321. The molecule has 0 amide bonds. The van der Waals surface area contributed by atoms with Gasteiger partial charge in [0.1, 0.15) is 0 Å². The summed E-state index contributed by atoms with van der Waals surface area (Å²) < 4.78 is 0. The zero-order valence-electron chi connectivity index (χ0n) is 14.5. The molecule has 2 atom stereocenters. The minimum atomic E-state index is 0.111. The summed E-state index contributed by atoms with van der Waals surface area (Å²) >= 11 is 1.87. The van der Waals surface area contributed by atoms with Crippen molar-refractivity contribution in [2.45, 2.75) is 71.4 Å². The Morgan fingerprint density at radius 1 is 1.29 bits per heavy atom. The Hall–Kier alpha value is -0.610. The van der Waals surface area contributed by atoms with Gasteiger partial charge >= 0.3 is 0 Å². The Bertz CT molecular complexity index is 461. The first kappa shape index (κ1) is 16.8. The smallest absolute Gasteiger partial charge is 0.185 e. The van der Waals surface area contributed by atoms with Crippen molar-refractivity contribution >= 4 is 16.5 Å². The molecule has 3 nitrogen and oxygen atoms in total. The average Bonchev–Trinajstić information content (AvgIpc) is 2.83. The van der Waals surface area contributed by atoms with Crippen molar-refractivity contribution in [1.82, 2.24) is 10.3 Å². The van der Waals surface area contributed by atoms with E-state index in [9.17, 15) is 0 Å². The lowest BCUT2D eigenvalue weighted by Crippen LogP contribution is -2.39. The van der Waals surface area contributed by atoms with Crippen LogP contribution in [0.15, 0.2) is 0 Å². The lowest BCUT2D eigenvalue weighted by Gasteiger charge is -2.36. The first-order valence-corrected chi connectivity index (χ1v) is 9.04. The van der Waals surface area contributed by atoms with E-state index in [-0.39, 0.29) is 5.41 Å². The third-order valence-electron chi connectivity index (χ3n) is 4.60. The van der Waals surface area contributed by atoms with Crippen molar-refractivity contribution in [3.63, 3.8) is 0 Å². The summed E-state index contributed by atoms with van der Waals surface area (Å²) in [5, 5.41) is 4.49. The third kappa shape index (κ3) is 3.78. The third-order valence-corrected chi connectivity index (χ3v) is 5.75. The van der Waals surface area contributed by atoms with E-state index >= 15 is 0 Å². The fourth-order valence-electron chi connectivity index (χ4n) is 3.37. The van der Waals surface area contributed by atoms with E-state index < -0.39 is 0 Å². The van der Waals surface area contributed by atoms with Gasteiger partial charge in [-0.1, -0.05) is 40.5 Å². The fraction of sp³-hybridized carbons (Fsp3) is 0.824. The van der Waals surface area contributed by atoms with Crippen molar-refractivity contribution in [3.8, 4) is 0 Å². The number of thiazole rings is 1. The van der Waals surface area contributed by atoms with E-state index in [0.717, 1.165) is 12.5 Å². The predicted molar refractivity (Wildman–Crippen MR) is 93.4 cm³/mol. The molecular weight excluding hydrogens is 278 g/mol. The Morgan fingerprint density at radius 3 is 2.52 bits per heavy atom. The minimum absolute atomic E-state index is 0.111. The summed E-state index contributed by atoms with van der Waals surface area (Å²) in [5.41, 5.74) is 1.37. The summed E-state index contributed by atoms with van der Waals surface area (Å²) in [4.78, 5) is 8.85. The second kappa shape index (κ2) is 6.66. The van der Waals surface area contributed by atoms with Crippen LogP contribution in [-0.4, -0.2) is 25.1 Å². The van der Waals surface area contributed by atoms with Crippen molar-refractivity contribution in [2.75, 3.05) is 19.0 Å². The molecule has 1 aliphatic carbocycles. The van der Waals surface area contributed by atoms with Crippen molar-refractivity contribution < 1.29 is 0 Å². The monoisotopic (exact) mass is 309 g/mol. The van der Waals surface area contributed by atoms with E-state index in [0.29, 0.717) is 6.04 Å². The standard InChI is InChI=1S/C17H31N3S/c1-12-9-7-8-10-13(12)20(6)16-19-15(17(2,3)4)14(21-16)11-18-5/h12-13,18H,7-11H2,1-6H3. The van der Waals surface area contributed by atoms with Gasteiger partial charge in [-0.05, 0) is 25.8 Å². The van der Waals surface area contributed by atoms with Gasteiger partial charge in [-0.3, -0.25) is 0 Å². The molecule has 2 unspecified atom stereocenters. The zero-order valence-corrected chi connectivity index (χ0v) is 15.3. The molecule has 1 saturated carbocycles. The van der Waals surface area contributed by atoms with Crippen LogP contribution in [0, 0.1) is 5.92 Å². The van der Waals surface area contributed by atoms with Gasteiger partial charge in [0.05, 0.1) is 5.69 Å². The van der Waals surface area contributed by atoms with Crippen LogP contribution in [0.1, 0.15) is 63.9 Å². The summed E-state index contributed by atoms with van der Waals surface area (Å²) in [6.07, 6.45) is 5.42. The summed E-state index contributed by atoms with van der Waals surface area (Å²) in [6.45, 7) is 10.1. The number of anilines is 1. The predicted octanol–water partition coefficient (Wildman–Crippen LogP) is 4.17. The molecule has 1 heterocycles. The Balaban J connectivity index is 2.26. The molecule has 0 aromatic carbocycles. The minimum Gasteiger partial charge on any atom is -0.348 e. The van der Waals surface area contributed by atoms with Crippen LogP contribution < -0.4 is 10.2 Å². The number of nitrogens with one attached hydrogen (secondary N) is 1. The first-order valence-electron chi connectivity index (χ1n) is 8.22. The number of aromatic nitrogens is 1. The lowest BCUT2D eigenvalue weighted by atomic mass is 9.85. The molecule has 0 saturated heterocycles. The molecule has 1 N–H and O–H groups in total. The van der Waals surface area contributed by atoms with Crippen LogP contribution in [0.4, 0.5) is 5.13 Å². The van der Waals surface area contributed by atoms with Gasteiger partial charge in [0.2, 0.25) is 0 Å². The maximum absolute atomic E-state index is 5.01. The van der Waals surface area contributed by atoms with Crippen LogP contribution in [0.5, 0.6) is 0 Å². The van der Waals surface area contributed by atoms with Crippen LogP contribution in [0.2, 0.25) is 0 Å². The molecule has 0 spiro atoms. The van der Waals surface area contributed by atoms with E-state index in [1.54, 1.807) is 0 Å². The van der Waals surface area contributed by atoms with Crippen LogP contribution in [0.25, 0.3) is 0 Å². The van der Waals surface area contributed by atoms with Gasteiger partial charge in [0, 0.05) is 29.9 Å². The van der Waals surface area contributed by atoms with Crippen LogP contribution in [0.3, 0.4) is 0 Å². The molecule has 4 heteroatoms. The fourth-order valence-corrected chi connectivity index (χ4v) is 4.67. The molecule has 120 valence electrons.